The summed E-state index contributed by atoms with van der Waals surface area (Å²) in [6.45, 7) is -0.257. The summed E-state index contributed by atoms with van der Waals surface area (Å²) in [4.78, 5) is 25.6. The van der Waals surface area contributed by atoms with Gasteiger partial charge in [0.15, 0.2) is 0 Å². The van der Waals surface area contributed by atoms with Crippen LogP contribution in [0.2, 0.25) is 0 Å². The fourth-order valence-corrected chi connectivity index (χ4v) is 2.50. The summed E-state index contributed by atoms with van der Waals surface area (Å²) in [6.07, 6.45) is 1.24. The van der Waals surface area contributed by atoms with Gasteiger partial charge in [0, 0.05) is 5.56 Å². The van der Waals surface area contributed by atoms with Gasteiger partial charge in [-0.15, -0.1) is 0 Å². The molecule has 17 heavy (non-hydrogen) atoms. The highest BCUT2D eigenvalue weighted by Gasteiger charge is 2.32. The molecule has 1 aromatic rings. The molecule has 0 aliphatic rings. The summed E-state index contributed by atoms with van der Waals surface area (Å²) < 4.78 is 34.2. The van der Waals surface area contributed by atoms with Crippen LogP contribution in [0.15, 0.2) is 16.7 Å². The molecule has 0 saturated carbocycles. The number of rotatable bonds is 6. The standard InChI is InChI=1S/C6H11NO8P2/c7-2-6-1-5(3-13-6)4-14-17(11,12)15-16(8,9)10/h1,3H,2,4,7H2,(H,11,12)(H2,8,9,10). The topological polar surface area (TPSA) is 152 Å². The highest BCUT2D eigenvalue weighted by molar-refractivity contribution is 7.60. The van der Waals surface area contributed by atoms with Crippen molar-refractivity contribution in [3.63, 3.8) is 0 Å². The Hall–Kier alpha value is -0.500. The van der Waals surface area contributed by atoms with E-state index < -0.39 is 22.3 Å². The van der Waals surface area contributed by atoms with Crippen molar-refractivity contribution in [3.8, 4) is 0 Å². The Labute approximate surface area is 96.0 Å². The van der Waals surface area contributed by atoms with E-state index in [-0.39, 0.29) is 6.54 Å². The van der Waals surface area contributed by atoms with Gasteiger partial charge in [-0.05, 0) is 6.07 Å². The van der Waals surface area contributed by atoms with Crippen molar-refractivity contribution in [2.45, 2.75) is 13.2 Å². The zero-order valence-corrected chi connectivity index (χ0v) is 10.2. The van der Waals surface area contributed by atoms with Crippen LogP contribution in [0.1, 0.15) is 11.3 Å². The van der Waals surface area contributed by atoms with E-state index in [1.54, 1.807) is 0 Å². The van der Waals surface area contributed by atoms with E-state index in [9.17, 15) is 9.13 Å². The third kappa shape index (κ3) is 5.58. The molecule has 0 aliphatic heterocycles. The smallest absolute Gasteiger partial charge is 0.468 e. The number of phosphoric ester groups is 1. The highest BCUT2D eigenvalue weighted by Crippen LogP contribution is 2.57. The van der Waals surface area contributed by atoms with Crippen molar-refractivity contribution in [2.24, 2.45) is 5.73 Å². The molecule has 9 nitrogen and oxygen atoms in total. The van der Waals surface area contributed by atoms with E-state index in [4.69, 9.17) is 24.8 Å². The van der Waals surface area contributed by atoms with Crippen molar-refractivity contribution < 1.29 is 37.1 Å². The minimum atomic E-state index is -5.09. The van der Waals surface area contributed by atoms with Crippen molar-refractivity contribution in [1.82, 2.24) is 0 Å². The van der Waals surface area contributed by atoms with Crippen LogP contribution in [0.3, 0.4) is 0 Å². The van der Waals surface area contributed by atoms with Crippen LogP contribution >= 0.6 is 15.6 Å². The molecule has 1 rings (SSSR count). The van der Waals surface area contributed by atoms with Gasteiger partial charge in [-0.25, -0.2) is 9.13 Å². The highest BCUT2D eigenvalue weighted by atomic mass is 31.3. The van der Waals surface area contributed by atoms with Gasteiger partial charge < -0.3 is 24.8 Å². The summed E-state index contributed by atoms with van der Waals surface area (Å²) in [7, 11) is -9.91. The van der Waals surface area contributed by atoms with Crippen LogP contribution in [-0.2, 0) is 31.1 Å². The lowest BCUT2D eigenvalue weighted by Gasteiger charge is -2.11. The van der Waals surface area contributed by atoms with Gasteiger partial charge in [0.25, 0.3) is 0 Å². The molecule has 0 aliphatic carbocycles. The van der Waals surface area contributed by atoms with Crippen LogP contribution < -0.4 is 5.73 Å². The lowest BCUT2D eigenvalue weighted by molar-refractivity contribution is 0.172. The Bertz CT molecular complexity index is 464. The first-order valence-electron chi connectivity index (χ1n) is 4.22. The predicted molar refractivity (Wildman–Crippen MR) is 54.3 cm³/mol. The minimum absolute atomic E-state index is 0.149. The lowest BCUT2D eigenvalue weighted by atomic mass is 10.3. The summed E-state index contributed by atoms with van der Waals surface area (Å²) in [5.74, 6) is 0.437. The van der Waals surface area contributed by atoms with E-state index in [0.717, 1.165) is 0 Å². The van der Waals surface area contributed by atoms with E-state index in [1.165, 1.54) is 12.3 Å². The summed E-state index contributed by atoms with van der Waals surface area (Å²) >= 11 is 0. The zero-order valence-electron chi connectivity index (χ0n) is 8.42. The molecule has 98 valence electrons. The molecule has 0 radical (unpaired) electrons. The van der Waals surface area contributed by atoms with E-state index in [0.29, 0.717) is 11.3 Å². The molecule has 11 heteroatoms. The first-order valence-corrected chi connectivity index (χ1v) is 7.25. The van der Waals surface area contributed by atoms with Gasteiger partial charge in [0.1, 0.15) is 5.76 Å². The normalized spacial score (nSPS) is 15.8. The van der Waals surface area contributed by atoms with Crippen LogP contribution in [-0.4, -0.2) is 14.7 Å². The third-order valence-corrected chi connectivity index (χ3v) is 3.64. The van der Waals surface area contributed by atoms with Crippen molar-refractivity contribution in [3.05, 3.63) is 23.7 Å². The summed E-state index contributed by atoms with van der Waals surface area (Å²) in [5.41, 5.74) is 5.65. The molecular formula is C6H11NO8P2. The molecule has 0 amide bonds. The second-order valence-corrected chi connectivity index (χ2v) is 5.77. The van der Waals surface area contributed by atoms with E-state index >= 15 is 0 Å². The Kier molecular flexibility index (Phi) is 4.65. The van der Waals surface area contributed by atoms with Gasteiger partial charge >= 0.3 is 15.6 Å². The maximum absolute atomic E-state index is 11.0. The van der Waals surface area contributed by atoms with Crippen LogP contribution in [0, 0.1) is 0 Å². The fraction of sp³-hybridized carbons (Fsp3) is 0.333. The number of phosphoric acid groups is 2. The van der Waals surface area contributed by atoms with Crippen molar-refractivity contribution in [1.29, 1.82) is 0 Å². The molecule has 5 N–H and O–H groups in total. The number of nitrogens with two attached hydrogens (primary N) is 1. The van der Waals surface area contributed by atoms with Crippen LogP contribution in [0.25, 0.3) is 0 Å². The van der Waals surface area contributed by atoms with Gasteiger partial charge in [0.2, 0.25) is 0 Å². The second-order valence-electron chi connectivity index (χ2n) is 2.94. The molecule has 0 aromatic carbocycles. The fourth-order valence-electron chi connectivity index (χ4n) is 0.923. The first kappa shape index (κ1) is 14.6. The molecular weight excluding hydrogens is 276 g/mol. The Balaban J connectivity index is 2.55. The van der Waals surface area contributed by atoms with Crippen LogP contribution in [0.5, 0.6) is 0 Å². The minimum Gasteiger partial charge on any atom is -0.468 e. The average Bonchev–Trinajstić information content (AvgIpc) is 2.58. The third-order valence-electron chi connectivity index (χ3n) is 1.51. The Morgan fingerprint density at radius 1 is 1.35 bits per heavy atom. The predicted octanol–water partition coefficient (Wildman–Crippen LogP) is 0.465. The summed E-state index contributed by atoms with van der Waals surface area (Å²) in [6, 6.07) is 1.47. The summed E-state index contributed by atoms with van der Waals surface area (Å²) in [5, 5.41) is 0. The SMILES string of the molecule is NCc1cc(COP(=O)(O)OP(=O)(O)O)co1. The first-order chi connectivity index (χ1) is 7.72. The Morgan fingerprint density at radius 3 is 2.47 bits per heavy atom. The molecule has 1 heterocycles. The van der Waals surface area contributed by atoms with Crippen molar-refractivity contribution >= 4 is 15.6 Å². The largest absolute Gasteiger partial charge is 0.481 e. The lowest BCUT2D eigenvalue weighted by Crippen LogP contribution is -1.95. The Morgan fingerprint density at radius 2 is 2.00 bits per heavy atom. The molecule has 0 spiro atoms. The van der Waals surface area contributed by atoms with Gasteiger partial charge in [0.05, 0.1) is 19.4 Å². The van der Waals surface area contributed by atoms with Crippen LogP contribution in [0.4, 0.5) is 0 Å². The molecule has 1 atom stereocenters. The maximum atomic E-state index is 11.0. The monoisotopic (exact) mass is 287 g/mol. The van der Waals surface area contributed by atoms with Gasteiger partial charge in [-0.1, -0.05) is 0 Å². The van der Waals surface area contributed by atoms with E-state index in [2.05, 4.69) is 8.83 Å². The molecule has 1 aromatic heterocycles. The van der Waals surface area contributed by atoms with Crippen molar-refractivity contribution in [2.75, 3.05) is 0 Å². The molecule has 1 unspecified atom stereocenters. The molecule has 0 fully saturated rings. The quantitative estimate of drug-likeness (QED) is 0.546. The maximum Gasteiger partial charge on any atom is 0.481 e. The average molecular weight is 287 g/mol. The second kappa shape index (κ2) is 5.43. The number of furan rings is 1. The molecule has 0 saturated heterocycles. The van der Waals surface area contributed by atoms with Gasteiger partial charge in [-0.2, -0.15) is 4.31 Å². The van der Waals surface area contributed by atoms with E-state index in [1.807, 2.05) is 0 Å². The molecule has 0 bridgehead atoms. The number of hydrogen-bond donors (Lipinski definition) is 4. The zero-order chi connectivity index (χ0) is 13.1. The van der Waals surface area contributed by atoms with Gasteiger partial charge in [-0.3, -0.25) is 4.52 Å². The number of hydrogen-bond acceptors (Lipinski definition) is 6.